The zero-order valence-electron chi connectivity index (χ0n) is 17.9. The molecule has 7 nitrogen and oxygen atoms in total. The molecule has 1 aliphatic heterocycles. The first-order valence-electron chi connectivity index (χ1n) is 10.3. The lowest BCUT2D eigenvalue weighted by Gasteiger charge is -2.31. The number of fused-ring (bicyclic) bond motifs is 4. The van der Waals surface area contributed by atoms with Crippen molar-refractivity contribution in [1.82, 2.24) is 20.2 Å². The highest BCUT2D eigenvalue weighted by Crippen LogP contribution is 2.37. The van der Waals surface area contributed by atoms with Crippen LogP contribution in [0.2, 0.25) is 0 Å². The summed E-state index contributed by atoms with van der Waals surface area (Å²) in [6.45, 7) is 4.04. The Hall–Kier alpha value is -3.61. The molecule has 0 saturated heterocycles. The molecule has 0 spiro atoms. The minimum atomic E-state index is -0.674. The highest BCUT2D eigenvalue weighted by molar-refractivity contribution is 5.88. The quantitative estimate of drug-likeness (QED) is 0.636. The number of aryl methyl sites for hydroxylation is 1. The van der Waals surface area contributed by atoms with Crippen molar-refractivity contribution in [2.75, 3.05) is 0 Å². The van der Waals surface area contributed by atoms with E-state index in [2.05, 4.69) is 15.6 Å². The molecular formula is C24H26N4O3. The Morgan fingerprint density at radius 3 is 2.61 bits per heavy atom. The molecule has 31 heavy (non-hydrogen) atoms. The Kier molecular flexibility index (Phi) is 5.50. The number of carbonyl (C=O) groups excluding carboxylic acids is 2. The maximum Gasteiger partial charge on any atom is 0.242 e. The van der Waals surface area contributed by atoms with Gasteiger partial charge >= 0.3 is 0 Å². The molecule has 0 aliphatic carbocycles. The van der Waals surface area contributed by atoms with Crippen LogP contribution in [0.3, 0.4) is 0 Å². The number of rotatable bonds is 1. The van der Waals surface area contributed by atoms with Gasteiger partial charge in [0.1, 0.15) is 17.5 Å². The van der Waals surface area contributed by atoms with Crippen LogP contribution in [-0.4, -0.2) is 27.4 Å². The minimum Gasteiger partial charge on any atom is -0.457 e. The third-order valence-corrected chi connectivity index (χ3v) is 5.74. The molecule has 2 unspecified atom stereocenters. The van der Waals surface area contributed by atoms with Gasteiger partial charge in [-0.15, -0.1) is 0 Å². The van der Waals surface area contributed by atoms with E-state index in [4.69, 9.17) is 4.74 Å². The Bertz CT molecular complexity index is 1120. The number of aromatic nitrogens is 2. The summed E-state index contributed by atoms with van der Waals surface area (Å²) in [7, 11) is 1.91. The van der Waals surface area contributed by atoms with Crippen LogP contribution in [0, 0.1) is 0 Å². The number of amides is 2. The van der Waals surface area contributed by atoms with Gasteiger partial charge in [-0.1, -0.05) is 24.3 Å². The van der Waals surface area contributed by atoms with Gasteiger partial charge in [0, 0.05) is 37.3 Å². The Balaban J connectivity index is 1.81. The number of imidazole rings is 1. The molecule has 1 aliphatic rings. The van der Waals surface area contributed by atoms with Gasteiger partial charge in [-0.25, -0.2) is 4.98 Å². The first-order valence-corrected chi connectivity index (χ1v) is 10.3. The third-order valence-electron chi connectivity index (χ3n) is 5.74. The van der Waals surface area contributed by atoms with Crippen LogP contribution in [0.5, 0.6) is 11.5 Å². The molecule has 1 aromatic heterocycles. The largest absolute Gasteiger partial charge is 0.457 e. The lowest BCUT2D eigenvalue weighted by Crippen LogP contribution is -2.46. The van der Waals surface area contributed by atoms with Crippen LogP contribution in [0.15, 0.2) is 61.1 Å². The van der Waals surface area contributed by atoms with Gasteiger partial charge in [0.15, 0.2) is 0 Å². The van der Waals surface area contributed by atoms with Crippen LogP contribution >= 0.6 is 0 Å². The molecule has 3 aromatic rings. The molecule has 7 heteroatoms. The number of hydrogen-bond acceptors (Lipinski definition) is 4. The molecule has 0 fully saturated rings. The number of carbonyl (C=O) groups is 2. The van der Waals surface area contributed by atoms with E-state index >= 15 is 0 Å². The van der Waals surface area contributed by atoms with Gasteiger partial charge in [-0.2, -0.15) is 0 Å². The van der Waals surface area contributed by atoms with Gasteiger partial charge in [0.25, 0.3) is 0 Å². The SMILES string of the molecule is CC1NC(=O)CC(C)(c2cncn2C)c2cccc(c2)Oc2cccc(c2)CNC1=O. The van der Waals surface area contributed by atoms with Crippen molar-refractivity contribution in [3.63, 3.8) is 0 Å². The number of ether oxygens (including phenoxy) is 1. The number of benzene rings is 2. The van der Waals surface area contributed by atoms with Crippen molar-refractivity contribution in [2.24, 2.45) is 7.05 Å². The maximum atomic E-state index is 13.0. The van der Waals surface area contributed by atoms with Crippen molar-refractivity contribution < 1.29 is 14.3 Å². The molecule has 0 saturated carbocycles. The summed E-state index contributed by atoms with van der Waals surface area (Å²) in [5, 5.41) is 5.71. The van der Waals surface area contributed by atoms with Crippen LogP contribution in [0.25, 0.3) is 0 Å². The number of nitrogens with zero attached hydrogens (tertiary/aromatic N) is 2. The highest BCUT2D eigenvalue weighted by Gasteiger charge is 2.35. The van der Waals surface area contributed by atoms with E-state index in [1.807, 2.05) is 67.1 Å². The zero-order valence-corrected chi connectivity index (χ0v) is 17.9. The topological polar surface area (TPSA) is 85.2 Å². The molecular weight excluding hydrogens is 392 g/mol. The standard InChI is InChI=1S/C24H26N4O3/c1-16-23(30)26-13-17-6-4-8-19(10-17)31-20-9-5-7-18(11-20)24(2,12-22(29)27-16)21-14-25-15-28(21)3/h4-11,14-16H,12-13H2,1-3H3,(H,26,30)(H,27,29). The normalized spacial score (nSPS) is 21.8. The molecule has 2 aromatic carbocycles. The Morgan fingerprint density at radius 1 is 1.13 bits per heavy atom. The van der Waals surface area contributed by atoms with Crippen LogP contribution in [0.1, 0.15) is 37.1 Å². The van der Waals surface area contributed by atoms with E-state index in [1.165, 1.54) is 0 Å². The lowest BCUT2D eigenvalue weighted by molar-refractivity contribution is -0.129. The van der Waals surface area contributed by atoms with E-state index < -0.39 is 11.5 Å². The summed E-state index contributed by atoms with van der Waals surface area (Å²) in [6, 6.07) is 14.7. The smallest absolute Gasteiger partial charge is 0.242 e. The minimum absolute atomic E-state index is 0.154. The van der Waals surface area contributed by atoms with Crippen LogP contribution in [0.4, 0.5) is 0 Å². The summed E-state index contributed by atoms with van der Waals surface area (Å²) in [4.78, 5) is 29.8. The van der Waals surface area contributed by atoms with Crippen molar-refractivity contribution >= 4 is 11.8 Å². The summed E-state index contributed by atoms with van der Waals surface area (Å²) >= 11 is 0. The molecule has 2 heterocycles. The molecule has 160 valence electrons. The van der Waals surface area contributed by atoms with Gasteiger partial charge in [-0.05, 0) is 49.2 Å². The summed E-state index contributed by atoms with van der Waals surface area (Å²) < 4.78 is 8.03. The Morgan fingerprint density at radius 2 is 1.87 bits per heavy atom. The average Bonchev–Trinajstić information content (AvgIpc) is 3.18. The fourth-order valence-electron chi connectivity index (χ4n) is 4.01. The lowest BCUT2D eigenvalue weighted by atomic mass is 9.76. The van der Waals surface area contributed by atoms with Crippen LogP contribution < -0.4 is 15.4 Å². The first kappa shape index (κ1) is 20.7. The summed E-state index contributed by atoms with van der Waals surface area (Å²) in [6.07, 6.45) is 3.64. The Labute approximate surface area is 181 Å². The van der Waals surface area contributed by atoms with Crippen molar-refractivity contribution in [3.8, 4) is 11.5 Å². The second-order valence-electron chi connectivity index (χ2n) is 8.18. The van der Waals surface area contributed by atoms with E-state index in [0.717, 1.165) is 16.8 Å². The van der Waals surface area contributed by atoms with Crippen molar-refractivity contribution in [2.45, 2.75) is 38.3 Å². The van der Waals surface area contributed by atoms with Crippen molar-refractivity contribution in [3.05, 3.63) is 77.9 Å². The molecule has 4 rings (SSSR count). The second-order valence-corrected chi connectivity index (χ2v) is 8.18. The average molecular weight is 418 g/mol. The molecule has 2 atom stereocenters. The van der Waals surface area contributed by atoms with E-state index in [9.17, 15) is 9.59 Å². The monoisotopic (exact) mass is 418 g/mol. The maximum absolute atomic E-state index is 13.0. The van der Waals surface area contributed by atoms with Crippen molar-refractivity contribution in [1.29, 1.82) is 0 Å². The fraction of sp³-hybridized carbons (Fsp3) is 0.292. The van der Waals surface area contributed by atoms with Gasteiger partial charge in [0.2, 0.25) is 11.8 Å². The predicted molar refractivity (Wildman–Crippen MR) is 117 cm³/mol. The second kappa shape index (κ2) is 8.26. The number of hydrogen-bond donors (Lipinski definition) is 2. The van der Waals surface area contributed by atoms with Gasteiger partial charge in [-0.3, -0.25) is 9.59 Å². The molecule has 2 N–H and O–H groups in total. The zero-order chi connectivity index (χ0) is 22.0. The van der Waals surface area contributed by atoms with E-state index in [1.54, 1.807) is 19.4 Å². The molecule has 0 radical (unpaired) electrons. The van der Waals surface area contributed by atoms with Crippen LogP contribution in [-0.2, 0) is 28.6 Å². The van der Waals surface area contributed by atoms with Gasteiger partial charge < -0.3 is 19.9 Å². The van der Waals surface area contributed by atoms with Gasteiger partial charge in [0.05, 0.1) is 6.33 Å². The number of nitrogens with one attached hydrogen (secondary N) is 2. The molecule has 4 bridgehead atoms. The summed E-state index contributed by atoms with van der Waals surface area (Å²) in [5.41, 5.74) is 2.05. The highest BCUT2D eigenvalue weighted by atomic mass is 16.5. The predicted octanol–water partition coefficient (Wildman–Crippen LogP) is 3.04. The third kappa shape index (κ3) is 4.30. The van der Waals surface area contributed by atoms with E-state index in [-0.39, 0.29) is 18.2 Å². The molecule has 2 amide bonds. The first-order chi connectivity index (χ1) is 14.8. The summed E-state index contributed by atoms with van der Waals surface area (Å²) in [5.74, 6) is 0.907. The van der Waals surface area contributed by atoms with E-state index in [0.29, 0.717) is 18.0 Å². The fourth-order valence-corrected chi connectivity index (χ4v) is 4.01.